The summed E-state index contributed by atoms with van der Waals surface area (Å²) in [5, 5.41) is 10.0. The molecule has 2 heterocycles. The molecule has 26 heavy (non-hydrogen) atoms. The lowest BCUT2D eigenvalue weighted by Crippen LogP contribution is -2.49. The predicted molar refractivity (Wildman–Crippen MR) is 94.5 cm³/mol. The molecule has 1 aromatic carbocycles. The number of nitrogens with zero attached hydrogens (tertiary/aromatic N) is 4. The van der Waals surface area contributed by atoms with E-state index in [0.29, 0.717) is 19.1 Å². The van der Waals surface area contributed by atoms with Crippen molar-refractivity contribution in [2.75, 3.05) is 6.54 Å². The first kappa shape index (κ1) is 16.6. The van der Waals surface area contributed by atoms with Crippen LogP contribution in [0.4, 0.5) is 4.79 Å². The largest absolute Gasteiger partial charge is 0.352 e. The lowest BCUT2D eigenvalue weighted by molar-refractivity contribution is -0.124. The fourth-order valence-electron chi connectivity index (χ4n) is 3.24. The van der Waals surface area contributed by atoms with Crippen molar-refractivity contribution in [3.63, 3.8) is 0 Å². The minimum absolute atomic E-state index is 0.0201. The van der Waals surface area contributed by atoms with Crippen molar-refractivity contribution in [3.8, 4) is 5.69 Å². The van der Waals surface area contributed by atoms with Crippen LogP contribution in [0.3, 0.4) is 0 Å². The molecule has 1 saturated carbocycles. The average Bonchev–Trinajstić information content (AvgIpc) is 3.15. The van der Waals surface area contributed by atoms with Crippen LogP contribution in [0.15, 0.2) is 36.9 Å². The van der Waals surface area contributed by atoms with Crippen molar-refractivity contribution >= 4 is 11.9 Å². The zero-order chi connectivity index (χ0) is 17.9. The first-order valence-corrected chi connectivity index (χ1v) is 8.99. The van der Waals surface area contributed by atoms with Crippen LogP contribution in [0.5, 0.6) is 0 Å². The molecule has 1 saturated heterocycles. The van der Waals surface area contributed by atoms with Gasteiger partial charge in [0.05, 0.1) is 5.69 Å². The van der Waals surface area contributed by atoms with Crippen molar-refractivity contribution in [2.24, 2.45) is 0 Å². The predicted octanol–water partition coefficient (Wildman–Crippen LogP) is 1.22. The van der Waals surface area contributed by atoms with Gasteiger partial charge in [0.25, 0.3) is 0 Å². The number of nitrogens with one attached hydrogen (secondary N) is 2. The monoisotopic (exact) mass is 354 g/mol. The summed E-state index contributed by atoms with van der Waals surface area (Å²) in [7, 11) is 0. The van der Waals surface area contributed by atoms with E-state index in [1.807, 2.05) is 24.3 Å². The summed E-state index contributed by atoms with van der Waals surface area (Å²) in [6.07, 6.45) is 6.80. The van der Waals surface area contributed by atoms with E-state index in [0.717, 1.165) is 36.9 Å². The third-order valence-corrected chi connectivity index (χ3v) is 4.78. The van der Waals surface area contributed by atoms with Gasteiger partial charge in [0.1, 0.15) is 18.7 Å². The molecule has 1 aromatic heterocycles. The molecule has 0 radical (unpaired) electrons. The molecule has 1 unspecified atom stereocenters. The van der Waals surface area contributed by atoms with Gasteiger partial charge in [-0.25, -0.2) is 14.5 Å². The van der Waals surface area contributed by atoms with Gasteiger partial charge in [-0.2, -0.15) is 5.10 Å². The molecule has 2 aliphatic rings. The standard InChI is InChI=1S/C18H22N6O2/c25-17(22-14-6-7-14)16-5-2-8-23(16)18(26)20-10-13-3-1-4-15(9-13)24-12-19-11-21-24/h1,3-4,9,11-12,14,16H,2,5-8,10H2,(H,20,26)(H,22,25). The van der Waals surface area contributed by atoms with E-state index in [2.05, 4.69) is 20.7 Å². The maximum atomic E-state index is 12.6. The van der Waals surface area contributed by atoms with Gasteiger partial charge < -0.3 is 15.5 Å². The second kappa shape index (κ2) is 7.15. The third-order valence-electron chi connectivity index (χ3n) is 4.78. The van der Waals surface area contributed by atoms with Gasteiger partial charge in [-0.15, -0.1) is 0 Å². The Morgan fingerprint density at radius 3 is 2.88 bits per heavy atom. The molecule has 0 bridgehead atoms. The second-order valence-corrected chi connectivity index (χ2v) is 6.80. The van der Waals surface area contributed by atoms with E-state index in [4.69, 9.17) is 0 Å². The Kier molecular flexibility index (Phi) is 4.55. The second-order valence-electron chi connectivity index (χ2n) is 6.80. The highest BCUT2D eigenvalue weighted by atomic mass is 16.2. The SMILES string of the molecule is O=C(NC1CC1)C1CCCN1C(=O)NCc1cccc(-n2cncn2)c1. The van der Waals surface area contributed by atoms with E-state index < -0.39 is 0 Å². The maximum absolute atomic E-state index is 12.6. The van der Waals surface area contributed by atoms with Gasteiger partial charge >= 0.3 is 6.03 Å². The normalized spacial score (nSPS) is 19.4. The van der Waals surface area contributed by atoms with Crippen molar-refractivity contribution in [2.45, 2.75) is 44.3 Å². The van der Waals surface area contributed by atoms with Crippen LogP contribution in [0.25, 0.3) is 5.69 Å². The van der Waals surface area contributed by atoms with E-state index in [-0.39, 0.29) is 18.0 Å². The lowest BCUT2D eigenvalue weighted by atomic mass is 10.2. The van der Waals surface area contributed by atoms with E-state index in [1.165, 1.54) is 6.33 Å². The van der Waals surface area contributed by atoms with Crippen molar-refractivity contribution in [3.05, 3.63) is 42.5 Å². The lowest BCUT2D eigenvalue weighted by Gasteiger charge is -2.24. The summed E-state index contributed by atoms with van der Waals surface area (Å²) in [6.45, 7) is 1.02. The van der Waals surface area contributed by atoms with Crippen LogP contribution in [-0.2, 0) is 11.3 Å². The van der Waals surface area contributed by atoms with E-state index in [1.54, 1.807) is 15.9 Å². The number of hydrogen-bond donors (Lipinski definition) is 2. The number of amides is 3. The highest BCUT2D eigenvalue weighted by Crippen LogP contribution is 2.22. The summed E-state index contributed by atoms with van der Waals surface area (Å²) in [4.78, 5) is 30.5. The van der Waals surface area contributed by atoms with E-state index in [9.17, 15) is 9.59 Å². The summed E-state index contributed by atoms with van der Waals surface area (Å²) in [6, 6.07) is 7.52. The molecule has 136 valence electrons. The first-order valence-electron chi connectivity index (χ1n) is 8.99. The number of hydrogen-bond acceptors (Lipinski definition) is 4. The summed E-state index contributed by atoms with van der Waals surface area (Å²) in [5.41, 5.74) is 1.85. The highest BCUT2D eigenvalue weighted by Gasteiger charge is 2.36. The summed E-state index contributed by atoms with van der Waals surface area (Å²) in [5.74, 6) is -0.0201. The van der Waals surface area contributed by atoms with Gasteiger partial charge in [0, 0.05) is 19.1 Å². The van der Waals surface area contributed by atoms with Crippen LogP contribution in [-0.4, -0.2) is 50.2 Å². The van der Waals surface area contributed by atoms with Crippen LogP contribution in [0.1, 0.15) is 31.2 Å². The molecule has 1 aliphatic heterocycles. The number of benzene rings is 1. The van der Waals surface area contributed by atoms with Crippen LogP contribution < -0.4 is 10.6 Å². The zero-order valence-electron chi connectivity index (χ0n) is 14.5. The molecule has 1 atom stereocenters. The van der Waals surface area contributed by atoms with Gasteiger partial charge in [-0.1, -0.05) is 12.1 Å². The maximum Gasteiger partial charge on any atom is 0.318 e. The molecule has 3 amide bonds. The third kappa shape index (κ3) is 3.68. The Morgan fingerprint density at radius 2 is 2.12 bits per heavy atom. The molecular weight excluding hydrogens is 332 g/mol. The number of rotatable bonds is 5. The fraction of sp³-hybridized carbons (Fsp3) is 0.444. The molecule has 2 fully saturated rings. The molecule has 2 aromatic rings. The smallest absolute Gasteiger partial charge is 0.318 e. The average molecular weight is 354 g/mol. The topological polar surface area (TPSA) is 92.2 Å². The van der Waals surface area contributed by atoms with Gasteiger partial charge in [0.15, 0.2) is 0 Å². The number of aromatic nitrogens is 3. The molecular formula is C18H22N6O2. The summed E-state index contributed by atoms with van der Waals surface area (Å²) < 4.78 is 1.67. The van der Waals surface area contributed by atoms with Crippen molar-refractivity contribution in [1.29, 1.82) is 0 Å². The number of likely N-dealkylation sites (tertiary alicyclic amines) is 1. The highest BCUT2D eigenvalue weighted by molar-refractivity contribution is 5.88. The molecule has 0 spiro atoms. The van der Waals surface area contributed by atoms with Crippen molar-refractivity contribution < 1.29 is 9.59 Å². The van der Waals surface area contributed by atoms with Gasteiger partial charge in [-0.3, -0.25) is 4.79 Å². The van der Waals surface area contributed by atoms with Gasteiger partial charge in [0.2, 0.25) is 5.91 Å². The fourth-order valence-corrected chi connectivity index (χ4v) is 3.24. The van der Waals surface area contributed by atoms with Crippen LogP contribution in [0, 0.1) is 0 Å². The Bertz CT molecular complexity index is 787. The molecule has 1 aliphatic carbocycles. The quantitative estimate of drug-likeness (QED) is 0.844. The number of carbonyl (C=O) groups excluding carboxylic acids is 2. The Balaban J connectivity index is 1.36. The Labute approximate surface area is 151 Å². The van der Waals surface area contributed by atoms with Crippen LogP contribution >= 0.6 is 0 Å². The summed E-state index contributed by atoms with van der Waals surface area (Å²) >= 11 is 0. The minimum Gasteiger partial charge on any atom is -0.352 e. The first-order chi connectivity index (χ1) is 12.7. The molecule has 4 rings (SSSR count). The van der Waals surface area contributed by atoms with Crippen molar-refractivity contribution in [1.82, 2.24) is 30.3 Å². The minimum atomic E-state index is -0.350. The zero-order valence-corrected chi connectivity index (χ0v) is 14.5. The Morgan fingerprint density at radius 1 is 1.23 bits per heavy atom. The molecule has 2 N–H and O–H groups in total. The number of urea groups is 1. The Hall–Kier alpha value is -2.90. The molecule has 8 nitrogen and oxygen atoms in total. The van der Waals surface area contributed by atoms with Crippen LogP contribution in [0.2, 0.25) is 0 Å². The number of carbonyl (C=O) groups is 2. The molecule has 8 heteroatoms. The van der Waals surface area contributed by atoms with E-state index >= 15 is 0 Å². The van der Waals surface area contributed by atoms with Gasteiger partial charge in [-0.05, 0) is 43.4 Å².